The second kappa shape index (κ2) is 6.36. The van der Waals surface area contributed by atoms with Crippen molar-refractivity contribution >= 4 is 0 Å². The van der Waals surface area contributed by atoms with Gasteiger partial charge in [0.1, 0.15) is 0 Å². The Labute approximate surface area is 112 Å². The van der Waals surface area contributed by atoms with Crippen molar-refractivity contribution in [2.75, 3.05) is 26.2 Å². The summed E-state index contributed by atoms with van der Waals surface area (Å²) in [5.41, 5.74) is 0.388. The van der Waals surface area contributed by atoms with Crippen molar-refractivity contribution < 1.29 is 4.74 Å². The molecule has 106 valence electrons. The first-order chi connectivity index (χ1) is 8.69. The summed E-state index contributed by atoms with van der Waals surface area (Å²) in [6, 6.07) is 0.623. The first kappa shape index (κ1) is 14.3. The van der Waals surface area contributed by atoms with Crippen molar-refractivity contribution in [2.24, 2.45) is 0 Å². The van der Waals surface area contributed by atoms with E-state index < -0.39 is 0 Å². The minimum atomic E-state index is 0.388. The fourth-order valence-corrected chi connectivity index (χ4v) is 3.65. The lowest BCUT2D eigenvalue weighted by molar-refractivity contribution is -0.0641. The molecule has 0 saturated carbocycles. The highest BCUT2D eigenvalue weighted by Crippen LogP contribution is 2.28. The van der Waals surface area contributed by atoms with Gasteiger partial charge in [0, 0.05) is 24.7 Å². The van der Waals surface area contributed by atoms with E-state index in [0.29, 0.717) is 17.7 Å². The molecule has 1 N–H and O–H groups in total. The highest BCUT2D eigenvalue weighted by atomic mass is 16.5. The van der Waals surface area contributed by atoms with Gasteiger partial charge in [-0.25, -0.2) is 0 Å². The summed E-state index contributed by atoms with van der Waals surface area (Å²) in [6.45, 7) is 11.2. The Balaban J connectivity index is 1.99. The van der Waals surface area contributed by atoms with E-state index in [0.717, 1.165) is 13.2 Å². The maximum atomic E-state index is 5.81. The molecule has 0 aliphatic carbocycles. The van der Waals surface area contributed by atoms with Crippen LogP contribution in [0.2, 0.25) is 0 Å². The van der Waals surface area contributed by atoms with E-state index in [4.69, 9.17) is 4.74 Å². The molecule has 0 aromatic carbocycles. The quantitative estimate of drug-likeness (QED) is 0.815. The first-order valence-electron chi connectivity index (χ1n) is 7.80. The molecule has 0 aromatic rings. The van der Waals surface area contributed by atoms with E-state index >= 15 is 0 Å². The molecule has 2 saturated heterocycles. The number of morpholine rings is 1. The normalized spacial score (nSPS) is 38.2. The number of nitrogens with zero attached hydrogens (tertiary/aromatic N) is 1. The van der Waals surface area contributed by atoms with Gasteiger partial charge in [0.2, 0.25) is 0 Å². The molecule has 18 heavy (non-hydrogen) atoms. The molecular formula is C15H30N2O. The predicted molar refractivity (Wildman–Crippen MR) is 75.9 cm³/mol. The maximum Gasteiger partial charge on any atom is 0.0674 e. The number of nitrogens with one attached hydrogen (secondary N) is 1. The molecule has 2 rings (SSSR count). The summed E-state index contributed by atoms with van der Waals surface area (Å²) in [5, 5.41) is 3.80. The Morgan fingerprint density at radius 1 is 1.39 bits per heavy atom. The van der Waals surface area contributed by atoms with Gasteiger partial charge in [-0.15, -0.1) is 0 Å². The van der Waals surface area contributed by atoms with Crippen LogP contribution in [0.5, 0.6) is 0 Å². The average Bonchev–Trinajstić information content (AvgIpc) is 2.78. The van der Waals surface area contributed by atoms with Crippen molar-refractivity contribution in [3.63, 3.8) is 0 Å². The zero-order valence-corrected chi connectivity index (χ0v) is 12.4. The van der Waals surface area contributed by atoms with Crippen LogP contribution in [0.25, 0.3) is 0 Å². The number of hydrogen-bond donors (Lipinski definition) is 1. The van der Waals surface area contributed by atoms with Crippen molar-refractivity contribution in [2.45, 2.75) is 70.6 Å². The lowest BCUT2D eigenvalue weighted by Crippen LogP contribution is -2.57. The maximum absolute atomic E-state index is 5.81. The molecule has 2 aliphatic heterocycles. The lowest BCUT2D eigenvalue weighted by atomic mass is 9.90. The van der Waals surface area contributed by atoms with Gasteiger partial charge in [-0.2, -0.15) is 0 Å². The molecule has 0 radical (unpaired) electrons. The SMILES string of the molecule is CCCC1(CN2CC(C)OCC2CC)CCCN1. The summed E-state index contributed by atoms with van der Waals surface area (Å²) < 4.78 is 5.81. The average molecular weight is 254 g/mol. The van der Waals surface area contributed by atoms with Crippen LogP contribution in [-0.2, 0) is 4.74 Å². The Morgan fingerprint density at radius 2 is 2.22 bits per heavy atom. The smallest absolute Gasteiger partial charge is 0.0674 e. The van der Waals surface area contributed by atoms with Gasteiger partial charge in [-0.05, 0) is 39.2 Å². The molecule has 2 heterocycles. The molecule has 0 bridgehead atoms. The number of rotatable bonds is 5. The third kappa shape index (κ3) is 3.25. The van der Waals surface area contributed by atoms with Gasteiger partial charge in [0.15, 0.2) is 0 Å². The number of hydrogen-bond acceptors (Lipinski definition) is 3. The van der Waals surface area contributed by atoms with Crippen molar-refractivity contribution in [3.8, 4) is 0 Å². The third-order valence-electron chi connectivity index (χ3n) is 4.62. The van der Waals surface area contributed by atoms with Gasteiger partial charge >= 0.3 is 0 Å². The topological polar surface area (TPSA) is 24.5 Å². The summed E-state index contributed by atoms with van der Waals surface area (Å²) in [4.78, 5) is 2.68. The molecule has 0 amide bonds. The van der Waals surface area contributed by atoms with Crippen LogP contribution in [0.4, 0.5) is 0 Å². The molecule has 0 aromatic heterocycles. The molecule has 3 unspecified atom stereocenters. The van der Waals surface area contributed by atoms with E-state index in [1.807, 2.05) is 0 Å². The first-order valence-corrected chi connectivity index (χ1v) is 7.80. The lowest BCUT2D eigenvalue weighted by Gasteiger charge is -2.43. The van der Waals surface area contributed by atoms with Crippen LogP contribution >= 0.6 is 0 Å². The van der Waals surface area contributed by atoms with Gasteiger partial charge in [-0.1, -0.05) is 20.3 Å². The monoisotopic (exact) mass is 254 g/mol. The van der Waals surface area contributed by atoms with E-state index in [-0.39, 0.29) is 0 Å². The minimum absolute atomic E-state index is 0.388. The largest absolute Gasteiger partial charge is 0.376 e. The van der Waals surface area contributed by atoms with Gasteiger partial charge < -0.3 is 10.1 Å². The third-order valence-corrected chi connectivity index (χ3v) is 4.62. The molecule has 3 nitrogen and oxygen atoms in total. The molecule has 2 fully saturated rings. The Morgan fingerprint density at radius 3 is 2.83 bits per heavy atom. The van der Waals surface area contributed by atoms with E-state index in [1.165, 1.54) is 45.2 Å². The molecular weight excluding hydrogens is 224 g/mol. The molecule has 3 heteroatoms. The fraction of sp³-hybridized carbons (Fsp3) is 1.00. The van der Waals surface area contributed by atoms with Gasteiger partial charge in [0.05, 0.1) is 12.7 Å². The Hall–Kier alpha value is -0.120. The standard InChI is InChI=1S/C15H30N2O/c1-4-7-15(8-6-9-16-15)12-17-10-13(3)18-11-14(17)5-2/h13-14,16H,4-12H2,1-3H3. The highest BCUT2D eigenvalue weighted by molar-refractivity contribution is 4.97. The summed E-state index contributed by atoms with van der Waals surface area (Å²) in [7, 11) is 0. The number of ether oxygens (including phenoxy) is 1. The fourth-order valence-electron chi connectivity index (χ4n) is 3.65. The second-order valence-corrected chi connectivity index (χ2v) is 6.20. The minimum Gasteiger partial charge on any atom is -0.376 e. The predicted octanol–water partition coefficient (Wildman–Crippen LogP) is 2.41. The molecule has 0 spiro atoms. The van der Waals surface area contributed by atoms with Crippen LogP contribution in [0.1, 0.15) is 52.9 Å². The summed E-state index contributed by atoms with van der Waals surface area (Å²) in [6.07, 6.45) is 6.89. The summed E-state index contributed by atoms with van der Waals surface area (Å²) >= 11 is 0. The van der Waals surface area contributed by atoms with Crippen LogP contribution in [0, 0.1) is 0 Å². The highest BCUT2D eigenvalue weighted by Gasteiger charge is 2.37. The van der Waals surface area contributed by atoms with Gasteiger partial charge in [-0.3, -0.25) is 4.90 Å². The Kier molecular flexibility index (Phi) is 5.05. The van der Waals surface area contributed by atoms with Gasteiger partial charge in [0.25, 0.3) is 0 Å². The summed E-state index contributed by atoms with van der Waals surface area (Å²) in [5.74, 6) is 0. The van der Waals surface area contributed by atoms with Crippen LogP contribution in [0.3, 0.4) is 0 Å². The zero-order chi connectivity index (χ0) is 13.0. The van der Waals surface area contributed by atoms with Crippen LogP contribution in [0.15, 0.2) is 0 Å². The Bertz CT molecular complexity index is 251. The molecule has 3 atom stereocenters. The van der Waals surface area contributed by atoms with Crippen molar-refractivity contribution in [3.05, 3.63) is 0 Å². The second-order valence-electron chi connectivity index (χ2n) is 6.20. The van der Waals surface area contributed by atoms with E-state index in [1.54, 1.807) is 0 Å². The molecule has 2 aliphatic rings. The van der Waals surface area contributed by atoms with E-state index in [9.17, 15) is 0 Å². The zero-order valence-electron chi connectivity index (χ0n) is 12.4. The van der Waals surface area contributed by atoms with Crippen LogP contribution < -0.4 is 5.32 Å². The van der Waals surface area contributed by atoms with Crippen molar-refractivity contribution in [1.29, 1.82) is 0 Å². The van der Waals surface area contributed by atoms with E-state index in [2.05, 4.69) is 31.0 Å². The van der Waals surface area contributed by atoms with Crippen LogP contribution in [-0.4, -0.2) is 48.8 Å². The van der Waals surface area contributed by atoms with Crippen molar-refractivity contribution in [1.82, 2.24) is 10.2 Å².